The molecule has 20 heavy (non-hydrogen) atoms. The summed E-state index contributed by atoms with van der Waals surface area (Å²) in [7, 11) is 0. The van der Waals surface area contributed by atoms with E-state index in [0.29, 0.717) is 35.4 Å². The zero-order valence-electron chi connectivity index (χ0n) is 10.8. The number of amides is 1. The molecule has 7 heteroatoms. The average Bonchev–Trinajstić information content (AvgIpc) is 2.49. The number of fused-ring (bicyclic) bond motifs is 1. The van der Waals surface area contributed by atoms with Crippen molar-refractivity contribution in [2.75, 3.05) is 36.6 Å². The molecule has 1 unspecified atom stereocenters. The molecule has 0 bridgehead atoms. The van der Waals surface area contributed by atoms with Gasteiger partial charge >= 0.3 is 0 Å². The zero-order valence-corrected chi connectivity index (χ0v) is 12.4. The highest BCUT2D eigenvalue weighted by atomic mass is 35.5. The molecule has 2 N–H and O–H groups in total. The molecule has 0 aliphatic carbocycles. The second-order valence-electron chi connectivity index (χ2n) is 4.55. The topological polar surface area (TPSA) is 59.6 Å². The van der Waals surface area contributed by atoms with Crippen LogP contribution >= 0.6 is 23.4 Å². The van der Waals surface area contributed by atoms with E-state index in [1.807, 2.05) is 0 Å². The summed E-state index contributed by atoms with van der Waals surface area (Å²) in [6.45, 7) is 1.86. The predicted molar refractivity (Wildman–Crippen MR) is 80.2 cm³/mol. The number of benzene rings is 1. The summed E-state index contributed by atoms with van der Waals surface area (Å²) in [5.74, 6) is 2.96. The lowest BCUT2D eigenvalue weighted by Crippen LogP contribution is -2.46. The Bertz CT molecular complexity index is 521. The minimum atomic E-state index is -0.182. The Morgan fingerprint density at radius 1 is 1.35 bits per heavy atom. The monoisotopic (exact) mass is 314 g/mol. The van der Waals surface area contributed by atoms with Gasteiger partial charge in [-0.3, -0.25) is 4.79 Å². The van der Waals surface area contributed by atoms with Gasteiger partial charge in [0.05, 0.1) is 16.8 Å². The third-order valence-electron chi connectivity index (χ3n) is 3.13. The van der Waals surface area contributed by atoms with Crippen molar-refractivity contribution < 1.29 is 14.3 Å². The SMILES string of the molecule is O=C(Nc1cc2c(cc1Cl)OCCO2)C1CSCCN1. The number of rotatable bonds is 2. The van der Waals surface area contributed by atoms with Gasteiger partial charge in [-0.05, 0) is 0 Å². The van der Waals surface area contributed by atoms with Gasteiger partial charge in [0.25, 0.3) is 0 Å². The fraction of sp³-hybridized carbons (Fsp3) is 0.462. The van der Waals surface area contributed by atoms with Gasteiger partial charge in [-0.2, -0.15) is 11.8 Å². The summed E-state index contributed by atoms with van der Waals surface area (Å²) in [4.78, 5) is 12.2. The molecule has 2 aliphatic rings. The lowest BCUT2D eigenvalue weighted by molar-refractivity contribution is -0.117. The number of halogens is 1. The van der Waals surface area contributed by atoms with Crippen LogP contribution in [0.4, 0.5) is 5.69 Å². The van der Waals surface area contributed by atoms with Gasteiger partial charge in [-0.15, -0.1) is 0 Å². The maximum Gasteiger partial charge on any atom is 0.242 e. The van der Waals surface area contributed by atoms with Crippen LogP contribution in [0.25, 0.3) is 0 Å². The van der Waals surface area contributed by atoms with Crippen LogP contribution in [0.1, 0.15) is 0 Å². The van der Waals surface area contributed by atoms with Crippen LogP contribution in [0.5, 0.6) is 11.5 Å². The van der Waals surface area contributed by atoms with Gasteiger partial charge in [-0.1, -0.05) is 11.6 Å². The molecule has 0 aromatic heterocycles. The number of carbonyl (C=O) groups is 1. The van der Waals surface area contributed by atoms with Gasteiger partial charge in [-0.25, -0.2) is 0 Å². The number of carbonyl (C=O) groups excluding carboxylic acids is 1. The Labute approximate surface area is 126 Å². The molecule has 1 aromatic carbocycles. The van der Waals surface area contributed by atoms with Gasteiger partial charge < -0.3 is 20.1 Å². The molecule has 0 saturated carbocycles. The van der Waals surface area contributed by atoms with Crippen molar-refractivity contribution in [1.29, 1.82) is 0 Å². The standard InChI is InChI=1S/C13H15ClN2O3S/c14-8-5-11-12(19-3-2-18-11)6-9(8)16-13(17)10-7-20-4-1-15-10/h5-6,10,15H,1-4,7H2,(H,16,17). The van der Waals surface area contributed by atoms with Crippen LogP contribution in [0, 0.1) is 0 Å². The molecule has 1 fully saturated rings. The Balaban J connectivity index is 1.74. The fourth-order valence-corrected chi connectivity index (χ4v) is 3.25. The molecule has 108 valence electrons. The van der Waals surface area contributed by atoms with Gasteiger partial charge in [0, 0.05) is 30.2 Å². The normalized spacial score (nSPS) is 21.4. The molecular formula is C13H15ClN2O3S. The van der Waals surface area contributed by atoms with E-state index in [1.54, 1.807) is 23.9 Å². The van der Waals surface area contributed by atoms with E-state index in [4.69, 9.17) is 21.1 Å². The second-order valence-corrected chi connectivity index (χ2v) is 6.10. The Morgan fingerprint density at radius 3 is 2.80 bits per heavy atom. The van der Waals surface area contributed by atoms with Crippen LogP contribution in [0.3, 0.4) is 0 Å². The molecule has 1 saturated heterocycles. The number of nitrogens with one attached hydrogen (secondary N) is 2. The number of thioether (sulfide) groups is 1. The quantitative estimate of drug-likeness (QED) is 0.871. The van der Waals surface area contributed by atoms with E-state index < -0.39 is 0 Å². The van der Waals surface area contributed by atoms with Crippen molar-refractivity contribution in [1.82, 2.24) is 5.32 Å². The van der Waals surface area contributed by atoms with Crippen LogP contribution in [0.15, 0.2) is 12.1 Å². The van der Waals surface area contributed by atoms with E-state index in [1.165, 1.54) is 0 Å². The highest BCUT2D eigenvalue weighted by Crippen LogP contribution is 2.38. The van der Waals surface area contributed by atoms with Crippen LogP contribution in [0.2, 0.25) is 5.02 Å². The molecule has 1 aromatic rings. The van der Waals surface area contributed by atoms with Crippen molar-refractivity contribution in [2.24, 2.45) is 0 Å². The molecular weight excluding hydrogens is 300 g/mol. The molecule has 1 atom stereocenters. The Kier molecular flexibility index (Phi) is 4.24. The number of ether oxygens (including phenoxy) is 2. The smallest absolute Gasteiger partial charge is 0.242 e. The molecule has 2 aliphatic heterocycles. The summed E-state index contributed by atoms with van der Waals surface area (Å²) in [6.07, 6.45) is 0. The van der Waals surface area contributed by atoms with E-state index in [2.05, 4.69) is 10.6 Å². The predicted octanol–water partition coefficient (Wildman–Crippen LogP) is 1.75. The van der Waals surface area contributed by atoms with Crippen LogP contribution in [-0.2, 0) is 4.79 Å². The summed E-state index contributed by atoms with van der Waals surface area (Å²) in [5.41, 5.74) is 0.554. The average molecular weight is 315 g/mol. The first-order valence-electron chi connectivity index (χ1n) is 6.45. The first kappa shape index (κ1) is 13.9. The third kappa shape index (κ3) is 2.97. The van der Waals surface area contributed by atoms with Crippen molar-refractivity contribution >= 4 is 35.0 Å². The van der Waals surface area contributed by atoms with Gasteiger partial charge in [0.1, 0.15) is 13.2 Å². The Hall–Kier alpha value is -1.11. The molecule has 5 nitrogen and oxygen atoms in total. The second kappa shape index (κ2) is 6.11. The van der Waals surface area contributed by atoms with Crippen molar-refractivity contribution in [3.63, 3.8) is 0 Å². The lowest BCUT2D eigenvalue weighted by Gasteiger charge is -2.23. The molecule has 2 heterocycles. The van der Waals surface area contributed by atoms with Crippen LogP contribution < -0.4 is 20.1 Å². The van der Waals surface area contributed by atoms with E-state index in [0.717, 1.165) is 18.1 Å². The Morgan fingerprint density at radius 2 is 2.10 bits per heavy atom. The van der Waals surface area contributed by atoms with Crippen molar-refractivity contribution in [2.45, 2.75) is 6.04 Å². The molecule has 1 amide bonds. The van der Waals surface area contributed by atoms with Gasteiger partial charge in [0.2, 0.25) is 5.91 Å². The maximum atomic E-state index is 12.2. The summed E-state index contributed by atoms with van der Waals surface area (Å²) >= 11 is 7.94. The van der Waals surface area contributed by atoms with E-state index in [9.17, 15) is 4.79 Å². The molecule has 3 rings (SSSR count). The van der Waals surface area contributed by atoms with E-state index >= 15 is 0 Å². The highest BCUT2D eigenvalue weighted by molar-refractivity contribution is 7.99. The first-order chi connectivity index (χ1) is 9.74. The largest absolute Gasteiger partial charge is 0.486 e. The number of hydrogen-bond donors (Lipinski definition) is 2. The van der Waals surface area contributed by atoms with E-state index in [-0.39, 0.29) is 11.9 Å². The van der Waals surface area contributed by atoms with Crippen molar-refractivity contribution in [3.8, 4) is 11.5 Å². The van der Waals surface area contributed by atoms with Gasteiger partial charge in [0.15, 0.2) is 11.5 Å². The lowest BCUT2D eigenvalue weighted by atomic mass is 10.2. The first-order valence-corrected chi connectivity index (χ1v) is 7.98. The maximum absolute atomic E-state index is 12.2. The highest BCUT2D eigenvalue weighted by Gasteiger charge is 2.23. The summed E-state index contributed by atoms with van der Waals surface area (Å²) < 4.78 is 10.9. The summed E-state index contributed by atoms with van der Waals surface area (Å²) in [6, 6.07) is 3.21. The third-order valence-corrected chi connectivity index (χ3v) is 4.50. The number of hydrogen-bond acceptors (Lipinski definition) is 5. The fourth-order valence-electron chi connectivity index (χ4n) is 2.11. The zero-order chi connectivity index (χ0) is 13.9. The minimum absolute atomic E-state index is 0.0734. The van der Waals surface area contributed by atoms with Crippen LogP contribution in [-0.4, -0.2) is 43.2 Å². The number of anilines is 1. The minimum Gasteiger partial charge on any atom is -0.486 e. The molecule has 0 spiro atoms. The summed E-state index contributed by atoms with van der Waals surface area (Å²) in [5, 5.41) is 6.49. The molecule has 0 radical (unpaired) electrons. The van der Waals surface area contributed by atoms with Crippen molar-refractivity contribution in [3.05, 3.63) is 17.2 Å².